The summed E-state index contributed by atoms with van der Waals surface area (Å²) >= 11 is 0. The highest BCUT2D eigenvalue weighted by atomic mass is 16.3. The molecule has 12 rings (SSSR count). The Morgan fingerprint density at radius 3 is 1.55 bits per heavy atom. The summed E-state index contributed by atoms with van der Waals surface area (Å²) in [6.07, 6.45) is 4.46. The van der Waals surface area contributed by atoms with Gasteiger partial charge in [0.25, 0.3) is 0 Å². The molecule has 8 aromatic carbocycles. The Labute approximate surface area is 360 Å². The van der Waals surface area contributed by atoms with Crippen LogP contribution in [0.4, 0.5) is 11.4 Å². The van der Waals surface area contributed by atoms with Crippen molar-refractivity contribution in [1.82, 2.24) is 15.0 Å². The molecule has 2 aliphatic rings. The van der Waals surface area contributed by atoms with E-state index in [9.17, 15) is 0 Å². The molecule has 3 heterocycles. The fourth-order valence-electron chi connectivity index (χ4n) is 9.43. The van der Waals surface area contributed by atoms with E-state index in [0.717, 1.165) is 66.9 Å². The van der Waals surface area contributed by atoms with E-state index >= 15 is 0 Å². The topological polar surface area (TPSA) is 55.1 Å². The zero-order valence-electron chi connectivity index (χ0n) is 33.6. The number of nitrogens with zero attached hydrogens (tertiary/aromatic N) is 4. The number of fused-ring (bicyclic) bond motifs is 7. The van der Waals surface area contributed by atoms with E-state index in [1.807, 2.05) is 18.2 Å². The van der Waals surface area contributed by atoms with Gasteiger partial charge in [0.15, 0.2) is 17.5 Å². The second kappa shape index (κ2) is 14.8. The number of aromatic nitrogens is 3. The minimum atomic E-state index is 0.00767. The van der Waals surface area contributed by atoms with Crippen molar-refractivity contribution >= 4 is 28.4 Å². The summed E-state index contributed by atoms with van der Waals surface area (Å²) in [5.74, 6) is 2.69. The van der Waals surface area contributed by atoms with Crippen LogP contribution in [0.1, 0.15) is 22.8 Å². The van der Waals surface area contributed by atoms with Crippen LogP contribution in [0.15, 0.2) is 217 Å². The van der Waals surface area contributed by atoms with Crippen LogP contribution in [0.25, 0.3) is 84.6 Å². The number of anilines is 2. The van der Waals surface area contributed by atoms with Crippen molar-refractivity contribution in [2.24, 2.45) is 0 Å². The fraction of sp³-hybridized carbons (Fsp3) is 0.0351. The highest BCUT2D eigenvalue weighted by Crippen LogP contribution is 2.54. The first-order valence-corrected chi connectivity index (χ1v) is 21.1. The second-order valence-corrected chi connectivity index (χ2v) is 15.9. The molecule has 1 aliphatic heterocycles. The smallest absolute Gasteiger partial charge is 0.164 e. The molecule has 0 amide bonds. The Morgan fingerprint density at radius 1 is 0.419 bits per heavy atom. The first-order valence-electron chi connectivity index (χ1n) is 21.1. The number of rotatable bonds is 7. The maximum absolute atomic E-state index is 6.76. The lowest BCUT2D eigenvalue weighted by Crippen LogP contribution is -2.30. The quantitative estimate of drug-likeness (QED) is 0.161. The SMILES string of the molecule is C1=CC2C(c3ccccc3N2c2ccc(-c3ccccc3)cc2)c2c1oc1cccc(-c3nc(-c4cccc(-c5ccccc5)c4)nc(-c4cccc(-c5ccccc5)c4)n3)c21. The summed E-state index contributed by atoms with van der Waals surface area (Å²) in [5.41, 5.74) is 15.2. The van der Waals surface area contributed by atoms with Gasteiger partial charge >= 0.3 is 0 Å². The minimum Gasteiger partial charge on any atom is -0.456 e. The Balaban J connectivity index is 1.02. The third-order valence-electron chi connectivity index (χ3n) is 12.3. The molecule has 5 nitrogen and oxygen atoms in total. The highest BCUT2D eigenvalue weighted by molar-refractivity contribution is 6.00. The normalized spacial score (nSPS) is 15.0. The average molecular weight is 795 g/mol. The zero-order valence-corrected chi connectivity index (χ0v) is 33.6. The largest absolute Gasteiger partial charge is 0.456 e. The van der Waals surface area contributed by atoms with Gasteiger partial charge in [-0.05, 0) is 81.4 Å². The maximum atomic E-state index is 6.76. The summed E-state index contributed by atoms with van der Waals surface area (Å²) in [6, 6.07) is 72.4. The van der Waals surface area contributed by atoms with E-state index in [2.05, 4.69) is 205 Å². The summed E-state index contributed by atoms with van der Waals surface area (Å²) in [4.78, 5) is 18.3. The lowest BCUT2D eigenvalue weighted by atomic mass is 9.81. The van der Waals surface area contributed by atoms with E-state index in [-0.39, 0.29) is 12.0 Å². The second-order valence-electron chi connectivity index (χ2n) is 15.9. The van der Waals surface area contributed by atoms with Crippen LogP contribution in [-0.4, -0.2) is 21.0 Å². The third-order valence-corrected chi connectivity index (χ3v) is 12.3. The van der Waals surface area contributed by atoms with E-state index in [1.165, 1.54) is 22.4 Å². The van der Waals surface area contributed by atoms with Crippen LogP contribution in [0.5, 0.6) is 0 Å². The van der Waals surface area contributed by atoms with Crippen molar-refractivity contribution < 1.29 is 4.42 Å². The molecule has 0 radical (unpaired) electrons. The summed E-state index contributed by atoms with van der Waals surface area (Å²) in [6.45, 7) is 0. The molecule has 62 heavy (non-hydrogen) atoms. The predicted molar refractivity (Wildman–Crippen MR) is 252 cm³/mol. The van der Waals surface area contributed by atoms with Crippen molar-refractivity contribution in [3.05, 3.63) is 229 Å². The number of benzene rings is 8. The number of furan rings is 1. The Kier molecular flexibility index (Phi) is 8.56. The minimum absolute atomic E-state index is 0.00767. The lowest BCUT2D eigenvalue weighted by Gasteiger charge is -2.30. The zero-order chi connectivity index (χ0) is 41.0. The molecule has 0 saturated carbocycles. The van der Waals surface area contributed by atoms with Crippen LogP contribution in [-0.2, 0) is 0 Å². The standard InChI is InChI=1S/C57H38N4O/c1-4-15-37(16-5-1)40-29-31-45(32-30-40)61-48-27-11-10-25-46(48)52-49(61)33-34-51-54(52)53-47(26-14-28-50(53)62-51)57-59-55(43-23-12-21-41(35-43)38-17-6-2-7-18-38)58-56(60-57)44-24-13-22-42(36-44)39-19-8-3-9-20-39/h1-36,49,52H. The molecule has 0 spiro atoms. The molecule has 292 valence electrons. The van der Waals surface area contributed by atoms with Gasteiger partial charge in [-0.1, -0.05) is 176 Å². The number of para-hydroxylation sites is 1. The van der Waals surface area contributed by atoms with Gasteiger partial charge in [-0.25, -0.2) is 15.0 Å². The van der Waals surface area contributed by atoms with E-state index in [0.29, 0.717) is 17.5 Å². The van der Waals surface area contributed by atoms with Crippen molar-refractivity contribution in [1.29, 1.82) is 0 Å². The first kappa shape index (κ1) is 35.8. The van der Waals surface area contributed by atoms with Crippen molar-refractivity contribution in [2.75, 3.05) is 4.90 Å². The first-order chi connectivity index (χ1) is 30.7. The van der Waals surface area contributed by atoms with Gasteiger partial charge in [-0.15, -0.1) is 0 Å². The average Bonchev–Trinajstić information content (AvgIpc) is 3.91. The van der Waals surface area contributed by atoms with Crippen molar-refractivity contribution in [3.8, 4) is 67.5 Å². The third kappa shape index (κ3) is 6.13. The van der Waals surface area contributed by atoms with Crippen molar-refractivity contribution in [3.63, 3.8) is 0 Å². The number of hydrogen-bond acceptors (Lipinski definition) is 5. The molecular formula is C57H38N4O. The van der Waals surface area contributed by atoms with Gasteiger partial charge < -0.3 is 9.32 Å². The van der Waals surface area contributed by atoms with Gasteiger partial charge in [-0.2, -0.15) is 0 Å². The Bertz CT molecular complexity index is 3200. The molecular weight excluding hydrogens is 757 g/mol. The van der Waals surface area contributed by atoms with E-state index < -0.39 is 0 Å². The van der Waals surface area contributed by atoms with Gasteiger partial charge in [0.2, 0.25) is 0 Å². The molecule has 2 unspecified atom stereocenters. The van der Waals surface area contributed by atoms with E-state index in [1.54, 1.807) is 0 Å². The van der Waals surface area contributed by atoms with Crippen LogP contribution in [0, 0.1) is 0 Å². The Hall–Kier alpha value is -8.15. The van der Waals surface area contributed by atoms with Crippen LogP contribution in [0.3, 0.4) is 0 Å². The van der Waals surface area contributed by atoms with Gasteiger partial charge in [0.05, 0.1) is 6.04 Å². The fourth-order valence-corrected chi connectivity index (χ4v) is 9.43. The van der Waals surface area contributed by atoms with E-state index in [4.69, 9.17) is 19.4 Å². The molecule has 0 N–H and O–H groups in total. The van der Waals surface area contributed by atoms with Crippen LogP contribution < -0.4 is 4.90 Å². The lowest BCUT2D eigenvalue weighted by molar-refractivity contribution is 0.584. The number of hydrogen-bond donors (Lipinski definition) is 0. The van der Waals surface area contributed by atoms with Crippen LogP contribution >= 0.6 is 0 Å². The molecule has 0 bridgehead atoms. The summed E-state index contributed by atoms with van der Waals surface area (Å²) in [5, 5.41) is 1.03. The molecule has 1 aliphatic carbocycles. The molecule has 2 aromatic heterocycles. The maximum Gasteiger partial charge on any atom is 0.164 e. The monoisotopic (exact) mass is 794 g/mol. The molecule has 2 atom stereocenters. The van der Waals surface area contributed by atoms with Crippen LogP contribution in [0.2, 0.25) is 0 Å². The van der Waals surface area contributed by atoms with Crippen molar-refractivity contribution in [2.45, 2.75) is 12.0 Å². The Morgan fingerprint density at radius 2 is 0.919 bits per heavy atom. The summed E-state index contributed by atoms with van der Waals surface area (Å²) < 4.78 is 6.76. The van der Waals surface area contributed by atoms with Gasteiger partial charge in [0.1, 0.15) is 11.3 Å². The summed E-state index contributed by atoms with van der Waals surface area (Å²) in [7, 11) is 0. The predicted octanol–water partition coefficient (Wildman–Crippen LogP) is 14.3. The molecule has 5 heteroatoms. The van der Waals surface area contributed by atoms with Gasteiger partial charge in [-0.3, -0.25) is 0 Å². The molecule has 0 fully saturated rings. The molecule has 0 saturated heterocycles. The van der Waals surface area contributed by atoms with Gasteiger partial charge in [0, 0.05) is 44.9 Å². The highest BCUT2D eigenvalue weighted by Gasteiger charge is 2.43. The molecule has 10 aromatic rings.